The molecule has 2 heterocycles. The molecule has 0 saturated heterocycles. The van der Waals surface area contributed by atoms with Gasteiger partial charge in [-0.1, -0.05) is 23.7 Å². The monoisotopic (exact) mass is 393 g/mol. The first-order chi connectivity index (χ1) is 13.5. The Labute approximate surface area is 166 Å². The van der Waals surface area contributed by atoms with Crippen molar-refractivity contribution in [3.05, 3.63) is 76.8 Å². The van der Waals surface area contributed by atoms with Gasteiger partial charge in [0, 0.05) is 17.1 Å². The molecule has 4 rings (SSSR count). The third-order valence-corrected chi connectivity index (χ3v) is 4.31. The second kappa shape index (κ2) is 7.28. The van der Waals surface area contributed by atoms with E-state index in [0.29, 0.717) is 28.0 Å². The Bertz CT molecular complexity index is 1170. The smallest absolute Gasteiger partial charge is 0.295 e. The average molecular weight is 394 g/mol. The fourth-order valence-electron chi connectivity index (χ4n) is 2.71. The van der Waals surface area contributed by atoms with Gasteiger partial charge in [-0.25, -0.2) is 9.50 Å². The highest BCUT2D eigenvalue weighted by molar-refractivity contribution is 6.32. The van der Waals surface area contributed by atoms with Gasteiger partial charge in [-0.05, 0) is 56.3 Å². The van der Waals surface area contributed by atoms with E-state index in [9.17, 15) is 4.79 Å². The van der Waals surface area contributed by atoms with Gasteiger partial charge in [-0.2, -0.15) is 4.98 Å². The van der Waals surface area contributed by atoms with Crippen molar-refractivity contribution < 1.29 is 9.53 Å². The number of aryl methyl sites for hydroxylation is 2. The number of rotatable bonds is 4. The molecule has 0 fully saturated rings. The highest BCUT2D eigenvalue weighted by atomic mass is 35.5. The lowest BCUT2D eigenvalue weighted by Gasteiger charge is -2.08. The predicted molar refractivity (Wildman–Crippen MR) is 106 cm³/mol. The molecule has 1 amide bonds. The molecule has 0 spiro atoms. The lowest BCUT2D eigenvalue weighted by Crippen LogP contribution is -2.14. The van der Waals surface area contributed by atoms with E-state index in [0.717, 1.165) is 11.4 Å². The summed E-state index contributed by atoms with van der Waals surface area (Å²) in [6.45, 7) is 3.75. The first-order valence-electron chi connectivity index (χ1n) is 8.54. The highest BCUT2D eigenvalue weighted by Crippen LogP contribution is 2.29. The van der Waals surface area contributed by atoms with Gasteiger partial charge in [0.2, 0.25) is 5.82 Å². The molecule has 28 heavy (non-hydrogen) atoms. The van der Waals surface area contributed by atoms with Crippen LogP contribution in [-0.4, -0.2) is 25.5 Å². The van der Waals surface area contributed by atoms with Crippen LogP contribution in [-0.2, 0) is 0 Å². The van der Waals surface area contributed by atoms with Crippen LogP contribution in [0.3, 0.4) is 0 Å². The fourth-order valence-corrected chi connectivity index (χ4v) is 2.88. The summed E-state index contributed by atoms with van der Waals surface area (Å²) in [4.78, 5) is 21.0. The van der Waals surface area contributed by atoms with Gasteiger partial charge >= 0.3 is 0 Å². The Morgan fingerprint density at radius 3 is 2.57 bits per heavy atom. The van der Waals surface area contributed by atoms with Crippen LogP contribution < -0.4 is 10.1 Å². The second-order valence-electron chi connectivity index (χ2n) is 6.20. The number of aromatic nitrogens is 4. The van der Waals surface area contributed by atoms with E-state index in [1.54, 1.807) is 40.9 Å². The van der Waals surface area contributed by atoms with Crippen molar-refractivity contribution in [1.82, 2.24) is 19.6 Å². The number of hydrogen-bond donors (Lipinski definition) is 1. The van der Waals surface area contributed by atoms with Crippen LogP contribution in [0, 0.1) is 13.8 Å². The Balaban J connectivity index is 1.49. The van der Waals surface area contributed by atoms with Crippen LogP contribution in [0.1, 0.15) is 22.0 Å². The van der Waals surface area contributed by atoms with Gasteiger partial charge in [0.05, 0.1) is 5.02 Å². The Kier molecular flexibility index (Phi) is 4.67. The van der Waals surface area contributed by atoms with Crippen LogP contribution in [0.25, 0.3) is 5.78 Å². The summed E-state index contributed by atoms with van der Waals surface area (Å²) in [5.74, 6) is 1.20. The normalized spacial score (nSPS) is 10.8. The first-order valence-corrected chi connectivity index (χ1v) is 8.92. The summed E-state index contributed by atoms with van der Waals surface area (Å²) >= 11 is 6.09. The first kappa shape index (κ1) is 17.9. The number of fused-ring (bicyclic) bond motifs is 1. The van der Waals surface area contributed by atoms with Crippen LogP contribution in [0.5, 0.6) is 11.5 Å². The van der Waals surface area contributed by atoms with E-state index in [4.69, 9.17) is 16.3 Å². The molecule has 2 aromatic heterocycles. The minimum absolute atomic E-state index is 0.0533. The van der Waals surface area contributed by atoms with E-state index < -0.39 is 5.91 Å². The standard InChI is InChI=1S/C20H16ClN5O2/c1-12-11-13(2)26-20(22-12)24-18(25-26)19(27)23-14-7-9-15(10-8-14)28-17-6-4-3-5-16(17)21/h3-11H,1-2H3,(H,23,27). The van der Waals surface area contributed by atoms with E-state index in [1.165, 1.54) is 0 Å². The lowest BCUT2D eigenvalue weighted by atomic mass is 10.3. The fraction of sp³-hybridized carbons (Fsp3) is 0.100. The predicted octanol–water partition coefficient (Wildman–Crippen LogP) is 4.44. The molecule has 0 radical (unpaired) electrons. The number of hydrogen-bond acceptors (Lipinski definition) is 5. The summed E-state index contributed by atoms with van der Waals surface area (Å²) in [5, 5.41) is 7.52. The van der Waals surface area contributed by atoms with Crippen molar-refractivity contribution in [2.24, 2.45) is 0 Å². The number of halogens is 1. The van der Waals surface area contributed by atoms with Crippen molar-refractivity contribution in [1.29, 1.82) is 0 Å². The molecule has 0 saturated carbocycles. The number of nitrogens with one attached hydrogen (secondary N) is 1. The molecule has 2 aromatic carbocycles. The number of nitrogens with zero attached hydrogens (tertiary/aromatic N) is 4. The summed E-state index contributed by atoms with van der Waals surface area (Å²) < 4.78 is 7.28. The zero-order chi connectivity index (χ0) is 19.7. The number of anilines is 1. The van der Waals surface area contributed by atoms with E-state index in [2.05, 4.69) is 20.4 Å². The van der Waals surface area contributed by atoms with E-state index >= 15 is 0 Å². The Morgan fingerprint density at radius 1 is 1.07 bits per heavy atom. The molecule has 0 bridgehead atoms. The third-order valence-electron chi connectivity index (χ3n) is 4.00. The van der Waals surface area contributed by atoms with Gasteiger partial charge in [0.15, 0.2) is 0 Å². The molecule has 0 unspecified atom stereocenters. The van der Waals surface area contributed by atoms with Gasteiger partial charge < -0.3 is 10.1 Å². The minimum Gasteiger partial charge on any atom is -0.456 e. The number of para-hydroxylation sites is 1. The van der Waals surface area contributed by atoms with Gasteiger partial charge in [-0.15, -0.1) is 5.10 Å². The maximum atomic E-state index is 12.5. The van der Waals surface area contributed by atoms with Gasteiger partial charge in [0.25, 0.3) is 11.7 Å². The van der Waals surface area contributed by atoms with Crippen LogP contribution in [0.15, 0.2) is 54.6 Å². The van der Waals surface area contributed by atoms with E-state index in [-0.39, 0.29) is 5.82 Å². The van der Waals surface area contributed by atoms with Crippen molar-refractivity contribution >= 4 is 29.0 Å². The Morgan fingerprint density at radius 2 is 1.82 bits per heavy atom. The maximum absolute atomic E-state index is 12.5. The topological polar surface area (TPSA) is 81.4 Å². The summed E-state index contributed by atoms with van der Waals surface area (Å²) in [6, 6.07) is 16.0. The van der Waals surface area contributed by atoms with Crippen molar-refractivity contribution in [2.45, 2.75) is 13.8 Å². The molecule has 4 aromatic rings. The molecular formula is C20H16ClN5O2. The summed E-state index contributed by atoms with van der Waals surface area (Å²) in [7, 11) is 0. The highest BCUT2D eigenvalue weighted by Gasteiger charge is 2.15. The molecule has 8 heteroatoms. The van der Waals surface area contributed by atoms with Gasteiger partial charge in [-0.3, -0.25) is 4.79 Å². The largest absolute Gasteiger partial charge is 0.456 e. The molecule has 140 valence electrons. The van der Waals surface area contributed by atoms with Gasteiger partial charge in [0.1, 0.15) is 11.5 Å². The van der Waals surface area contributed by atoms with Crippen molar-refractivity contribution in [3.63, 3.8) is 0 Å². The van der Waals surface area contributed by atoms with Crippen LogP contribution in [0.2, 0.25) is 5.02 Å². The molecule has 1 N–H and O–H groups in total. The van der Waals surface area contributed by atoms with Crippen molar-refractivity contribution in [3.8, 4) is 11.5 Å². The maximum Gasteiger partial charge on any atom is 0.295 e. The third kappa shape index (κ3) is 3.65. The minimum atomic E-state index is -0.415. The van der Waals surface area contributed by atoms with Crippen LogP contribution in [0.4, 0.5) is 5.69 Å². The number of carbonyl (C=O) groups is 1. The van der Waals surface area contributed by atoms with E-state index in [1.807, 2.05) is 32.0 Å². The average Bonchev–Trinajstić information content (AvgIpc) is 3.10. The molecule has 0 aliphatic carbocycles. The molecule has 0 aliphatic heterocycles. The Hall–Kier alpha value is -3.45. The van der Waals surface area contributed by atoms with Crippen molar-refractivity contribution in [2.75, 3.05) is 5.32 Å². The molecule has 0 aliphatic rings. The lowest BCUT2D eigenvalue weighted by molar-refractivity contribution is 0.101. The molecule has 0 atom stereocenters. The number of amides is 1. The number of carbonyl (C=O) groups excluding carboxylic acids is 1. The quantitative estimate of drug-likeness (QED) is 0.554. The SMILES string of the molecule is Cc1cc(C)n2nc(C(=O)Nc3ccc(Oc4ccccc4Cl)cc3)nc2n1. The number of ether oxygens (including phenoxy) is 1. The second-order valence-corrected chi connectivity index (χ2v) is 6.60. The molecule has 7 nitrogen and oxygen atoms in total. The summed E-state index contributed by atoms with van der Waals surface area (Å²) in [6.07, 6.45) is 0. The number of benzene rings is 2. The zero-order valence-corrected chi connectivity index (χ0v) is 15.9. The van der Waals surface area contributed by atoms with Crippen LogP contribution >= 0.6 is 11.6 Å². The molecular weight excluding hydrogens is 378 g/mol. The summed E-state index contributed by atoms with van der Waals surface area (Å²) in [5.41, 5.74) is 2.27. The zero-order valence-electron chi connectivity index (χ0n) is 15.2.